The number of hydrogen-bond acceptors (Lipinski definition) is 3. The van der Waals surface area contributed by atoms with E-state index in [-0.39, 0.29) is 23.7 Å². The van der Waals surface area contributed by atoms with Crippen molar-refractivity contribution in [2.75, 3.05) is 0 Å². The number of para-hydroxylation sites is 1. The van der Waals surface area contributed by atoms with Crippen LogP contribution < -0.4 is 5.73 Å². The fourth-order valence-corrected chi connectivity index (χ4v) is 3.18. The van der Waals surface area contributed by atoms with E-state index in [0.29, 0.717) is 28.6 Å². The Morgan fingerprint density at radius 2 is 1.65 bits per heavy atom. The molecule has 1 heterocycles. The summed E-state index contributed by atoms with van der Waals surface area (Å²) < 4.78 is 80.3. The average Bonchev–Trinajstić information content (AvgIpc) is 3.01. The molecule has 3 rings (SSSR count). The van der Waals surface area contributed by atoms with Gasteiger partial charge in [-0.2, -0.15) is 31.6 Å². The van der Waals surface area contributed by atoms with Gasteiger partial charge in [-0.05, 0) is 35.9 Å². The number of rotatable bonds is 4. The highest BCUT2D eigenvalue weighted by Gasteiger charge is 2.36. The molecule has 162 valence electrons. The molecule has 0 aliphatic carbocycles. The molecule has 0 fully saturated rings. The van der Waals surface area contributed by atoms with Crippen molar-refractivity contribution < 1.29 is 31.4 Å². The van der Waals surface area contributed by atoms with Gasteiger partial charge in [-0.15, -0.1) is 0 Å². The molecule has 2 aromatic carbocycles. The molecule has 0 radical (unpaired) electrons. The number of hydrogen-bond donors (Lipinski definition) is 2. The van der Waals surface area contributed by atoms with Gasteiger partial charge in [0.2, 0.25) is 0 Å². The Morgan fingerprint density at radius 1 is 1.06 bits per heavy atom. The third-order valence-corrected chi connectivity index (χ3v) is 4.58. The lowest BCUT2D eigenvalue weighted by molar-refractivity contribution is -0.143. The van der Waals surface area contributed by atoms with Crippen LogP contribution in [0.15, 0.2) is 54.2 Å². The summed E-state index contributed by atoms with van der Waals surface area (Å²) >= 11 is 0. The third kappa shape index (κ3) is 4.90. The molecule has 1 unspecified atom stereocenters. The smallest absolute Gasteiger partial charge is 0.374 e. The summed E-state index contributed by atoms with van der Waals surface area (Å²) in [4.78, 5) is 0. The molecule has 10 heteroatoms. The molecule has 0 bridgehead atoms. The number of aliphatic hydroxyl groups excluding tert-OH is 1. The van der Waals surface area contributed by atoms with E-state index in [0.717, 1.165) is 0 Å². The lowest BCUT2D eigenvalue weighted by atomic mass is 10.0. The largest absolute Gasteiger partial charge is 0.416 e. The second kappa shape index (κ2) is 8.09. The predicted octanol–water partition coefficient (Wildman–Crippen LogP) is 4.91. The van der Waals surface area contributed by atoms with Crippen LogP contribution in [0.2, 0.25) is 0 Å². The number of halogens is 6. The van der Waals surface area contributed by atoms with E-state index in [1.54, 1.807) is 30.3 Å². The van der Waals surface area contributed by atoms with E-state index < -0.39 is 29.7 Å². The van der Waals surface area contributed by atoms with Crippen LogP contribution in [-0.4, -0.2) is 15.9 Å². The summed E-state index contributed by atoms with van der Waals surface area (Å²) in [5, 5.41) is 19.2. The minimum absolute atomic E-state index is 0.0767. The summed E-state index contributed by atoms with van der Waals surface area (Å²) in [7, 11) is 0. The van der Waals surface area contributed by atoms with Crippen molar-refractivity contribution in [3.8, 4) is 6.07 Å². The molecule has 0 aliphatic heterocycles. The number of aromatic nitrogens is 1. The number of aliphatic hydroxyl groups is 1. The number of nitrogens with two attached hydrogens (primary N) is 1. The lowest BCUT2D eigenvalue weighted by Gasteiger charge is -2.15. The van der Waals surface area contributed by atoms with Crippen molar-refractivity contribution in [3.05, 3.63) is 76.5 Å². The Kier molecular flexibility index (Phi) is 5.85. The SMILES string of the molecule is N#C/C(=C\c1cn(Cc2cc(C(F)(F)F)cc(C(F)(F)F)c2)c2ccccc12)C(N)O. The van der Waals surface area contributed by atoms with Crippen LogP contribution in [0.4, 0.5) is 26.3 Å². The first-order valence-electron chi connectivity index (χ1n) is 8.81. The third-order valence-electron chi connectivity index (χ3n) is 4.58. The van der Waals surface area contributed by atoms with Crippen molar-refractivity contribution >= 4 is 17.0 Å². The van der Waals surface area contributed by atoms with E-state index in [1.165, 1.54) is 16.8 Å². The number of fused-ring (bicyclic) bond motifs is 1. The fraction of sp³-hybridized carbons (Fsp3) is 0.190. The minimum atomic E-state index is -4.94. The maximum absolute atomic E-state index is 13.1. The van der Waals surface area contributed by atoms with Crippen LogP contribution in [0.5, 0.6) is 0 Å². The molecule has 0 saturated heterocycles. The van der Waals surface area contributed by atoms with Gasteiger partial charge in [-0.3, -0.25) is 0 Å². The Hall–Kier alpha value is -3.29. The Morgan fingerprint density at radius 3 is 2.16 bits per heavy atom. The summed E-state index contributed by atoms with van der Waals surface area (Å²) in [6.45, 7) is -0.283. The second-order valence-electron chi connectivity index (χ2n) is 6.80. The van der Waals surface area contributed by atoms with Crippen molar-refractivity contribution in [2.24, 2.45) is 5.73 Å². The van der Waals surface area contributed by atoms with E-state index in [2.05, 4.69) is 0 Å². The molecule has 0 saturated carbocycles. The predicted molar refractivity (Wildman–Crippen MR) is 101 cm³/mol. The van der Waals surface area contributed by atoms with Gasteiger partial charge in [-0.25, -0.2) is 0 Å². The molecule has 1 aromatic heterocycles. The highest BCUT2D eigenvalue weighted by Crippen LogP contribution is 2.37. The molecule has 3 aromatic rings. The number of alkyl halides is 6. The Bertz CT molecular complexity index is 1150. The van der Waals surface area contributed by atoms with Gasteiger partial charge in [0.1, 0.15) is 6.23 Å². The zero-order valence-corrected chi connectivity index (χ0v) is 15.7. The van der Waals surface area contributed by atoms with Gasteiger partial charge in [0.15, 0.2) is 0 Å². The topological polar surface area (TPSA) is 75.0 Å². The van der Waals surface area contributed by atoms with Gasteiger partial charge in [0.05, 0.1) is 22.8 Å². The molecule has 1 atom stereocenters. The van der Waals surface area contributed by atoms with Crippen LogP contribution in [-0.2, 0) is 18.9 Å². The van der Waals surface area contributed by atoms with E-state index >= 15 is 0 Å². The quantitative estimate of drug-likeness (QED) is 0.345. The van der Waals surface area contributed by atoms with Crippen LogP contribution in [0.1, 0.15) is 22.3 Å². The zero-order valence-electron chi connectivity index (χ0n) is 15.7. The number of benzene rings is 2. The van der Waals surface area contributed by atoms with Gasteiger partial charge < -0.3 is 15.4 Å². The van der Waals surface area contributed by atoms with E-state index in [4.69, 9.17) is 11.0 Å². The summed E-state index contributed by atoms with van der Waals surface area (Å²) in [6, 6.07) is 9.81. The Labute approximate surface area is 172 Å². The molecule has 3 N–H and O–H groups in total. The summed E-state index contributed by atoms with van der Waals surface area (Å²) in [5.41, 5.74) is 3.14. The molecule has 31 heavy (non-hydrogen) atoms. The van der Waals surface area contributed by atoms with E-state index in [1.807, 2.05) is 0 Å². The average molecular weight is 439 g/mol. The fourth-order valence-electron chi connectivity index (χ4n) is 3.18. The van der Waals surface area contributed by atoms with Gasteiger partial charge in [0, 0.05) is 29.2 Å². The molecule has 0 aliphatic rings. The van der Waals surface area contributed by atoms with Crippen LogP contribution in [0.3, 0.4) is 0 Å². The van der Waals surface area contributed by atoms with Crippen LogP contribution in [0, 0.1) is 11.3 Å². The number of nitrogens with zero attached hydrogens (tertiary/aromatic N) is 2. The summed E-state index contributed by atoms with van der Waals surface area (Å²) in [6.07, 6.45) is -8.64. The monoisotopic (exact) mass is 439 g/mol. The molecule has 0 amide bonds. The molecular formula is C21H15F6N3O. The first kappa shape index (κ1) is 22.4. The highest BCUT2D eigenvalue weighted by atomic mass is 19.4. The number of nitriles is 1. The first-order valence-corrected chi connectivity index (χ1v) is 8.81. The van der Waals surface area contributed by atoms with Crippen LogP contribution in [0.25, 0.3) is 17.0 Å². The molecule has 4 nitrogen and oxygen atoms in total. The minimum Gasteiger partial charge on any atom is -0.374 e. The van der Waals surface area contributed by atoms with Gasteiger partial charge >= 0.3 is 12.4 Å². The highest BCUT2D eigenvalue weighted by molar-refractivity contribution is 5.90. The van der Waals surface area contributed by atoms with Gasteiger partial charge in [0.25, 0.3) is 0 Å². The molecule has 0 spiro atoms. The van der Waals surface area contributed by atoms with Crippen molar-refractivity contribution in [1.29, 1.82) is 5.26 Å². The molecular weight excluding hydrogens is 424 g/mol. The lowest BCUT2D eigenvalue weighted by Crippen LogP contribution is -2.20. The van der Waals surface area contributed by atoms with Crippen molar-refractivity contribution in [3.63, 3.8) is 0 Å². The Balaban J connectivity index is 2.14. The maximum atomic E-state index is 13.1. The second-order valence-corrected chi connectivity index (χ2v) is 6.80. The van der Waals surface area contributed by atoms with Gasteiger partial charge in [-0.1, -0.05) is 18.2 Å². The zero-order chi connectivity index (χ0) is 23.0. The normalized spacial score (nSPS) is 14.0. The standard InChI is InChI=1S/C21H15F6N3O/c22-20(23,24)15-5-12(6-16(8-15)21(25,26)27)10-30-11-14(7-13(9-28)19(29)31)17-3-1-2-4-18(17)30/h1-8,11,19,31H,10,29H2/b13-7+. The summed E-state index contributed by atoms with van der Waals surface area (Å²) in [5.74, 6) is 0. The van der Waals surface area contributed by atoms with E-state index in [9.17, 15) is 31.4 Å². The van der Waals surface area contributed by atoms with Crippen molar-refractivity contribution in [1.82, 2.24) is 4.57 Å². The van der Waals surface area contributed by atoms with Crippen molar-refractivity contribution in [2.45, 2.75) is 25.1 Å². The van der Waals surface area contributed by atoms with Crippen LogP contribution >= 0.6 is 0 Å². The maximum Gasteiger partial charge on any atom is 0.416 e. The first-order chi connectivity index (χ1) is 14.4.